The van der Waals surface area contributed by atoms with Gasteiger partial charge in [-0.25, -0.2) is 0 Å². The summed E-state index contributed by atoms with van der Waals surface area (Å²) in [5.74, 6) is 0.574. The molecule has 94 valence electrons. The number of amides is 1. The van der Waals surface area contributed by atoms with Gasteiger partial charge in [0.05, 0.1) is 0 Å². The Bertz CT molecular complexity index is 389. The Morgan fingerprint density at radius 1 is 1.59 bits per heavy atom. The predicted octanol–water partition coefficient (Wildman–Crippen LogP) is 1.26. The van der Waals surface area contributed by atoms with E-state index >= 15 is 0 Å². The number of rotatable bonds is 3. The molecule has 5 heteroatoms. The van der Waals surface area contributed by atoms with Crippen molar-refractivity contribution >= 4 is 5.91 Å². The smallest absolute Gasteiger partial charge is 0.273 e. The number of nitrogens with one attached hydrogen (secondary N) is 1. The van der Waals surface area contributed by atoms with Crippen LogP contribution in [0.4, 0.5) is 0 Å². The van der Waals surface area contributed by atoms with Crippen molar-refractivity contribution in [2.24, 2.45) is 5.92 Å². The molecule has 1 amide bonds. The largest absolute Gasteiger partial charge is 0.396 e. The molecule has 5 nitrogen and oxygen atoms in total. The fraction of sp³-hybridized carbons (Fsp3) is 0.667. The maximum atomic E-state index is 11.9. The maximum absolute atomic E-state index is 11.9. The summed E-state index contributed by atoms with van der Waals surface area (Å²) in [6, 6.07) is 1.67. The van der Waals surface area contributed by atoms with E-state index in [9.17, 15) is 9.90 Å². The number of aliphatic hydroxyl groups is 1. The topological polar surface area (TPSA) is 75.4 Å². The minimum Gasteiger partial charge on any atom is -0.396 e. The summed E-state index contributed by atoms with van der Waals surface area (Å²) in [4.78, 5) is 11.9. The van der Waals surface area contributed by atoms with Gasteiger partial charge in [0.15, 0.2) is 5.69 Å². The number of aliphatic hydroxyl groups excluding tert-OH is 1. The van der Waals surface area contributed by atoms with Crippen molar-refractivity contribution in [1.82, 2.24) is 10.5 Å². The minimum atomic E-state index is -0.216. The molecule has 2 unspecified atom stereocenters. The summed E-state index contributed by atoms with van der Waals surface area (Å²) in [7, 11) is 0. The molecule has 0 spiro atoms. The zero-order valence-electron chi connectivity index (χ0n) is 9.98. The van der Waals surface area contributed by atoms with E-state index in [0.29, 0.717) is 11.5 Å². The van der Waals surface area contributed by atoms with Crippen LogP contribution in [0.2, 0.25) is 0 Å². The lowest BCUT2D eigenvalue weighted by atomic mass is 9.85. The first-order chi connectivity index (χ1) is 8.20. The van der Waals surface area contributed by atoms with E-state index in [1.807, 2.05) is 0 Å². The van der Waals surface area contributed by atoms with Crippen LogP contribution in [0, 0.1) is 12.8 Å². The highest BCUT2D eigenvalue weighted by Crippen LogP contribution is 2.24. The maximum Gasteiger partial charge on any atom is 0.273 e. The van der Waals surface area contributed by atoms with Gasteiger partial charge < -0.3 is 14.9 Å². The van der Waals surface area contributed by atoms with Gasteiger partial charge in [0, 0.05) is 24.6 Å². The lowest BCUT2D eigenvalue weighted by molar-refractivity contribution is 0.0863. The summed E-state index contributed by atoms with van der Waals surface area (Å²) < 4.78 is 4.87. The highest BCUT2D eigenvalue weighted by Gasteiger charge is 2.26. The van der Waals surface area contributed by atoms with Crippen LogP contribution in [0.25, 0.3) is 0 Å². The van der Waals surface area contributed by atoms with E-state index in [0.717, 1.165) is 25.7 Å². The first kappa shape index (κ1) is 12.1. The van der Waals surface area contributed by atoms with Crippen molar-refractivity contribution in [1.29, 1.82) is 0 Å². The normalized spacial score (nSPS) is 24.6. The minimum absolute atomic E-state index is 0.0539. The highest BCUT2D eigenvalue weighted by molar-refractivity contribution is 5.92. The molecule has 0 saturated heterocycles. The Labute approximate surface area is 100 Å². The molecule has 2 N–H and O–H groups in total. The number of hydrogen-bond donors (Lipinski definition) is 2. The molecule has 2 atom stereocenters. The Balaban J connectivity index is 1.97. The Morgan fingerprint density at radius 3 is 3.00 bits per heavy atom. The molecule has 17 heavy (non-hydrogen) atoms. The number of carbonyl (C=O) groups excluding carboxylic acids is 1. The van der Waals surface area contributed by atoms with Gasteiger partial charge >= 0.3 is 0 Å². The van der Waals surface area contributed by atoms with E-state index in [1.165, 1.54) is 0 Å². The molecule has 0 bridgehead atoms. The number of carbonyl (C=O) groups is 1. The number of hydrogen-bond acceptors (Lipinski definition) is 4. The predicted molar refractivity (Wildman–Crippen MR) is 61.5 cm³/mol. The van der Waals surface area contributed by atoms with Crippen LogP contribution < -0.4 is 5.32 Å². The van der Waals surface area contributed by atoms with Gasteiger partial charge in [-0.2, -0.15) is 0 Å². The standard InChI is InChI=1S/C12H18N2O3/c1-8-6-11(14-17-8)12(16)13-10-5-3-2-4-9(10)7-15/h6,9-10,15H,2-5,7H2,1H3,(H,13,16). The van der Waals surface area contributed by atoms with Crippen LogP contribution in [0.1, 0.15) is 41.9 Å². The molecule has 1 saturated carbocycles. The highest BCUT2D eigenvalue weighted by atomic mass is 16.5. The molecule has 0 aliphatic heterocycles. The lowest BCUT2D eigenvalue weighted by Gasteiger charge is -2.30. The van der Waals surface area contributed by atoms with Gasteiger partial charge in [-0.05, 0) is 19.8 Å². The molecule has 1 aromatic rings. The number of aromatic nitrogens is 1. The van der Waals surface area contributed by atoms with Gasteiger partial charge in [-0.1, -0.05) is 18.0 Å². The van der Waals surface area contributed by atoms with Crippen molar-refractivity contribution in [2.75, 3.05) is 6.61 Å². The Morgan fingerprint density at radius 2 is 2.35 bits per heavy atom. The van der Waals surface area contributed by atoms with Crippen LogP contribution in [0.5, 0.6) is 0 Å². The van der Waals surface area contributed by atoms with Crippen LogP contribution >= 0.6 is 0 Å². The van der Waals surface area contributed by atoms with Crippen molar-refractivity contribution < 1.29 is 14.4 Å². The van der Waals surface area contributed by atoms with E-state index in [1.54, 1.807) is 13.0 Å². The monoisotopic (exact) mass is 238 g/mol. The second kappa shape index (κ2) is 5.31. The zero-order chi connectivity index (χ0) is 12.3. The molecular weight excluding hydrogens is 220 g/mol. The number of aryl methyl sites for hydroxylation is 1. The average molecular weight is 238 g/mol. The Kier molecular flexibility index (Phi) is 3.78. The van der Waals surface area contributed by atoms with Crippen LogP contribution in [-0.2, 0) is 0 Å². The fourth-order valence-corrected chi connectivity index (χ4v) is 2.33. The lowest BCUT2D eigenvalue weighted by Crippen LogP contribution is -2.43. The molecule has 1 aromatic heterocycles. The molecular formula is C12H18N2O3. The summed E-state index contributed by atoms with van der Waals surface area (Å²) in [6.07, 6.45) is 4.12. The molecule has 1 fully saturated rings. The fourth-order valence-electron chi connectivity index (χ4n) is 2.33. The van der Waals surface area contributed by atoms with Crippen molar-refractivity contribution in [3.63, 3.8) is 0 Å². The third kappa shape index (κ3) is 2.85. The van der Waals surface area contributed by atoms with Crippen LogP contribution in [0.3, 0.4) is 0 Å². The van der Waals surface area contributed by atoms with Crippen molar-refractivity contribution in [2.45, 2.75) is 38.6 Å². The van der Waals surface area contributed by atoms with Gasteiger partial charge in [0.2, 0.25) is 0 Å². The second-order valence-electron chi connectivity index (χ2n) is 4.63. The second-order valence-corrected chi connectivity index (χ2v) is 4.63. The number of nitrogens with zero attached hydrogens (tertiary/aromatic N) is 1. The average Bonchev–Trinajstić information content (AvgIpc) is 2.77. The van der Waals surface area contributed by atoms with Gasteiger partial charge in [0.25, 0.3) is 5.91 Å². The molecule has 1 aliphatic carbocycles. The zero-order valence-corrected chi connectivity index (χ0v) is 9.98. The molecule has 2 rings (SSSR count). The summed E-state index contributed by atoms with van der Waals surface area (Å²) in [5.41, 5.74) is 0.310. The Hall–Kier alpha value is -1.36. The summed E-state index contributed by atoms with van der Waals surface area (Å²) in [6.45, 7) is 1.88. The summed E-state index contributed by atoms with van der Waals surface area (Å²) in [5, 5.41) is 15.9. The molecule has 1 aliphatic rings. The van der Waals surface area contributed by atoms with Gasteiger partial charge in [0.1, 0.15) is 5.76 Å². The van der Waals surface area contributed by atoms with Crippen molar-refractivity contribution in [3.8, 4) is 0 Å². The quantitative estimate of drug-likeness (QED) is 0.831. The van der Waals surface area contributed by atoms with E-state index in [4.69, 9.17) is 4.52 Å². The van der Waals surface area contributed by atoms with E-state index in [-0.39, 0.29) is 24.5 Å². The van der Waals surface area contributed by atoms with Gasteiger partial charge in [-0.15, -0.1) is 0 Å². The van der Waals surface area contributed by atoms with Crippen LogP contribution in [0.15, 0.2) is 10.6 Å². The third-order valence-corrected chi connectivity index (χ3v) is 3.32. The van der Waals surface area contributed by atoms with E-state index < -0.39 is 0 Å². The van der Waals surface area contributed by atoms with E-state index in [2.05, 4.69) is 10.5 Å². The third-order valence-electron chi connectivity index (χ3n) is 3.32. The molecule has 1 heterocycles. The molecule has 0 radical (unpaired) electrons. The first-order valence-corrected chi connectivity index (χ1v) is 6.05. The van der Waals surface area contributed by atoms with Crippen molar-refractivity contribution in [3.05, 3.63) is 17.5 Å². The van der Waals surface area contributed by atoms with Crippen LogP contribution in [-0.4, -0.2) is 28.8 Å². The SMILES string of the molecule is Cc1cc(C(=O)NC2CCCCC2CO)no1. The molecule has 0 aromatic carbocycles. The summed E-state index contributed by atoms with van der Waals surface area (Å²) >= 11 is 0. The first-order valence-electron chi connectivity index (χ1n) is 6.05. The van der Waals surface area contributed by atoms with Gasteiger partial charge in [-0.3, -0.25) is 4.79 Å².